The van der Waals surface area contributed by atoms with Gasteiger partial charge in [-0.3, -0.25) is 0 Å². The van der Waals surface area contributed by atoms with E-state index in [2.05, 4.69) is 10.3 Å². The number of halogens is 6. The number of alkyl halides is 5. The van der Waals surface area contributed by atoms with Crippen molar-refractivity contribution >= 4 is 17.4 Å². The van der Waals surface area contributed by atoms with Crippen molar-refractivity contribution in [2.24, 2.45) is 0 Å². The molecule has 0 saturated heterocycles. The van der Waals surface area contributed by atoms with Crippen LogP contribution >= 0.6 is 11.6 Å². The summed E-state index contributed by atoms with van der Waals surface area (Å²) in [5.74, 6) is -0.338. The van der Waals surface area contributed by atoms with Gasteiger partial charge in [-0.25, -0.2) is 13.8 Å². The van der Waals surface area contributed by atoms with E-state index in [1.807, 2.05) is 0 Å². The summed E-state index contributed by atoms with van der Waals surface area (Å²) in [5, 5.41) is 10.5. The number of hydrogen-bond donors (Lipinski definition) is 2. The molecule has 18 heavy (non-hydrogen) atoms. The summed E-state index contributed by atoms with van der Waals surface area (Å²) in [6.45, 7) is -0.637. The van der Waals surface area contributed by atoms with Crippen molar-refractivity contribution in [3.8, 4) is 0 Å². The molecule has 0 bridgehead atoms. The lowest BCUT2D eigenvalue weighted by atomic mass is 10.2. The van der Waals surface area contributed by atoms with Gasteiger partial charge in [-0.15, -0.1) is 0 Å². The Morgan fingerprint density at radius 1 is 1.33 bits per heavy atom. The first kappa shape index (κ1) is 14.9. The van der Waals surface area contributed by atoms with Crippen molar-refractivity contribution in [1.29, 1.82) is 0 Å². The zero-order chi connectivity index (χ0) is 13.9. The fourth-order valence-corrected chi connectivity index (χ4v) is 1.26. The maximum absolute atomic E-state index is 12.4. The molecule has 9 heteroatoms. The summed E-state index contributed by atoms with van der Waals surface area (Å²) in [4.78, 5) is 3.48. The number of aromatic nitrogens is 1. The first-order valence-corrected chi connectivity index (χ1v) is 5.03. The van der Waals surface area contributed by atoms with Crippen molar-refractivity contribution < 1.29 is 27.1 Å². The number of pyridine rings is 1. The molecule has 0 fully saturated rings. The molecular formula is C9H8ClF5N2O. The Bertz CT molecular complexity index is 412. The predicted octanol–water partition coefficient (Wildman–Crippen LogP) is 2.79. The molecule has 0 radical (unpaired) electrons. The van der Waals surface area contributed by atoms with Crippen LogP contribution in [0, 0.1) is 0 Å². The number of aliphatic hydroxyl groups is 1. The molecule has 102 valence electrons. The topological polar surface area (TPSA) is 45.1 Å². The zero-order valence-corrected chi connectivity index (χ0v) is 9.43. The van der Waals surface area contributed by atoms with E-state index in [0.29, 0.717) is 12.1 Å². The number of hydrogen-bond acceptors (Lipinski definition) is 3. The van der Waals surface area contributed by atoms with E-state index < -0.39 is 36.0 Å². The van der Waals surface area contributed by atoms with Gasteiger partial charge in [0.25, 0.3) is 6.43 Å². The van der Waals surface area contributed by atoms with Crippen LogP contribution in [0.3, 0.4) is 0 Å². The van der Waals surface area contributed by atoms with Crippen molar-refractivity contribution in [2.75, 3.05) is 11.9 Å². The van der Waals surface area contributed by atoms with E-state index in [4.69, 9.17) is 16.7 Å². The molecule has 0 amide bonds. The SMILES string of the molecule is OC(CNc1cc(C(F)(F)F)cc(Cl)n1)C(F)F. The van der Waals surface area contributed by atoms with Crippen LogP contribution in [-0.2, 0) is 6.18 Å². The predicted molar refractivity (Wildman–Crippen MR) is 54.7 cm³/mol. The smallest absolute Gasteiger partial charge is 0.385 e. The highest BCUT2D eigenvalue weighted by Crippen LogP contribution is 2.31. The van der Waals surface area contributed by atoms with Gasteiger partial charge in [0.1, 0.15) is 17.1 Å². The molecule has 0 aliphatic rings. The molecule has 0 aliphatic carbocycles. The molecule has 3 nitrogen and oxygen atoms in total. The van der Waals surface area contributed by atoms with Crippen LogP contribution < -0.4 is 5.32 Å². The molecule has 1 aromatic rings. The lowest BCUT2D eigenvalue weighted by Gasteiger charge is -2.13. The van der Waals surface area contributed by atoms with Gasteiger partial charge in [-0.2, -0.15) is 13.2 Å². The minimum atomic E-state index is -4.62. The van der Waals surface area contributed by atoms with Crippen molar-refractivity contribution in [3.63, 3.8) is 0 Å². The molecule has 0 aliphatic heterocycles. The van der Waals surface area contributed by atoms with Gasteiger partial charge in [-0.1, -0.05) is 11.6 Å². The van der Waals surface area contributed by atoms with E-state index in [9.17, 15) is 22.0 Å². The number of aliphatic hydroxyl groups excluding tert-OH is 1. The highest BCUT2D eigenvalue weighted by molar-refractivity contribution is 6.29. The van der Waals surface area contributed by atoms with Gasteiger partial charge in [0.15, 0.2) is 0 Å². The second-order valence-corrected chi connectivity index (χ2v) is 3.73. The largest absolute Gasteiger partial charge is 0.416 e. The minimum Gasteiger partial charge on any atom is -0.385 e. The summed E-state index contributed by atoms with van der Waals surface area (Å²) < 4.78 is 61.1. The monoisotopic (exact) mass is 290 g/mol. The molecule has 0 spiro atoms. The number of nitrogens with one attached hydrogen (secondary N) is 1. The van der Waals surface area contributed by atoms with Gasteiger partial charge in [0.2, 0.25) is 0 Å². The van der Waals surface area contributed by atoms with E-state index in [0.717, 1.165) is 0 Å². The summed E-state index contributed by atoms with van der Waals surface area (Å²) in [5.41, 5.74) is -1.06. The Kier molecular flexibility index (Phi) is 4.69. The van der Waals surface area contributed by atoms with E-state index >= 15 is 0 Å². The Balaban J connectivity index is 2.81. The van der Waals surface area contributed by atoms with E-state index in [-0.39, 0.29) is 5.82 Å². The maximum atomic E-state index is 12.4. The zero-order valence-electron chi connectivity index (χ0n) is 8.68. The third-order valence-electron chi connectivity index (χ3n) is 1.90. The van der Waals surface area contributed by atoms with Crippen LogP contribution in [0.5, 0.6) is 0 Å². The second-order valence-electron chi connectivity index (χ2n) is 3.34. The highest BCUT2D eigenvalue weighted by Gasteiger charge is 2.31. The number of rotatable bonds is 4. The van der Waals surface area contributed by atoms with Gasteiger partial charge in [0.05, 0.1) is 5.56 Å². The number of nitrogens with zero attached hydrogens (tertiary/aromatic N) is 1. The quantitative estimate of drug-likeness (QED) is 0.662. The first-order chi connectivity index (χ1) is 8.20. The Labute approximate surface area is 104 Å². The first-order valence-electron chi connectivity index (χ1n) is 4.65. The van der Waals surface area contributed by atoms with Gasteiger partial charge >= 0.3 is 6.18 Å². The number of anilines is 1. The third-order valence-corrected chi connectivity index (χ3v) is 2.10. The van der Waals surface area contributed by atoms with Crippen LogP contribution in [0.2, 0.25) is 5.15 Å². The molecule has 1 atom stereocenters. The summed E-state index contributed by atoms with van der Waals surface area (Å²) in [6.07, 6.45) is -9.62. The fourth-order valence-electron chi connectivity index (χ4n) is 1.05. The van der Waals surface area contributed by atoms with Gasteiger partial charge < -0.3 is 10.4 Å². The van der Waals surface area contributed by atoms with E-state index in [1.54, 1.807) is 0 Å². The Hall–Kier alpha value is -1.15. The average Bonchev–Trinajstić information content (AvgIpc) is 2.23. The molecule has 1 aromatic heterocycles. The standard InChI is InChI=1S/C9H8ClF5N2O/c10-6-1-4(9(13,14)15)2-7(17-6)16-3-5(18)8(11)12/h1-2,5,8,18H,3H2,(H,16,17). The molecule has 1 unspecified atom stereocenters. The van der Waals surface area contributed by atoms with E-state index in [1.165, 1.54) is 0 Å². The molecule has 0 aromatic carbocycles. The Morgan fingerprint density at radius 2 is 1.94 bits per heavy atom. The van der Waals surface area contributed by atoms with Crippen LogP contribution in [0.4, 0.5) is 27.8 Å². The van der Waals surface area contributed by atoms with Crippen LogP contribution in [0.15, 0.2) is 12.1 Å². The summed E-state index contributed by atoms with van der Waals surface area (Å²) in [6, 6.07) is 1.22. The summed E-state index contributed by atoms with van der Waals surface area (Å²) in [7, 11) is 0. The highest BCUT2D eigenvalue weighted by atomic mass is 35.5. The molecule has 0 saturated carbocycles. The lowest BCUT2D eigenvalue weighted by Crippen LogP contribution is -2.27. The molecular weight excluding hydrogens is 283 g/mol. The van der Waals surface area contributed by atoms with Crippen LogP contribution in [-0.4, -0.2) is 29.2 Å². The van der Waals surface area contributed by atoms with Crippen LogP contribution in [0.1, 0.15) is 5.56 Å². The minimum absolute atomic E-state index is 0.338. The van der Waals surface area contributed by atoms with Crippen molar-refractivity contribution in [3.05, 3.63) is 22.8 Å². The molecule has 1 rings (SSSR count). The van der Waals surface area contributed by atoms with Crippen molar-refractivity contribution in [1.82, 2.24) is 4.98 Å². The van der Waals surface area contributed by atoms with Crippen LogP contribution in [0.25, 0.3) is 0 Å². The third kappa shape index (κ3) is 4.26. The average molecular weight is 291 g/mol. The Morgan fingerprint density at radius 3 is 2.44 bits per heavy atom. The van der Waals surface area contributed by atoms with Gasteiger partial charge in [0, 0.05) is 6.54 Å². The normalized spacial score (nSPS) is 13.8. The molecule has 2 N–H and O–H groups in total. The fraction of sp³-hybridized carbons (Fsp3) is 0.444. The molecule has 1 heterocycles. The lowest BCUT2D eigenvalue weighted by molar-refractivity contribution is -0.137. The maximum Gasteiger partial charge on any atom is 0.416 e. The second kappa shape index (κ2) is 5.66. The van der Waals surface area contributed by atoms with Crippen molar-refractivity contribution in [2.45, 2.75) is 18.7 Å². The van der Waals surface area contributed by atoms with Gasteiger partial charge in [-0.05, 0) is 12.1 Å². The summed E-state index contributed by atoms with van der Waals surface area (Å²) >= 11 is 5.37.